The number of hydrogen-bond acceptors (Lipinski definition) is 2. The highest BCUT2D eigenvalue weighted by Gasteiger charge is 2.36. The monoisotopic (exact) mass is 213 g/mol. The first-order valence-electron chi connectivity index (χ1n) is 5.69. The maximum Gasteiger partial charge on any atom is 0.133 e. The molecule has 3 rings (SSSR count). The minimum Gasteiger partial charge on any atom is -0.464 e. The van der Waals surface area contributed by atoms with E-state index in [2.05, 4.69) is 29.6 Å². The summed E-state index contributed by atoms with van der Waals surface area (Å²) < 4.78 is 5.37. The maximum absolute atomic E-state index is 5.37. The van der Waals surface area contributed by atoms with E-state index in [1.165, 1.54) is 12.0 Å². The van der Waals surface area contributed by atoms with Gasteiger partial charge in [0.15, 0.2) is 0 Å². The molecule has 2 atom stereocenters. The summed E-state index contributed by atoms with van der Waals surface area (Å²) in [5.41, 5.74) is 2.57. The van der Waals surface area contributed by atoms with Gasteiger partial charge in [0, 0.05) is 17.5 Å². The second-order valence-corrected chi connectivity index (χ2v) is 4.34. The summed E-state index contributed by atoms with van der Waals surface area (Å²) in [6.45, 7) is 0. The summed E-state index contributed by atoms with van der Waals surface area (Å²) in [4.78, 5) is 0. The number of rotatable bonds is 3. The molecular weight excluding hydrogens is 198 g/mol. The zero-order chi connectivity index (χ0) is 11.0. The molecule has 1 aliphatic rings. The van der Waals surface area contributed by atoms with Gasteiger partial charge in [-0.15, -0.1) is 0 Å². The van der Waals surface area contributed by atoms with Gasteiger partial charge in [-0.1, -0.05) is 24.3 Å². The van der Waals surface area contributed by atoms with E-state index in [-0.39, 0.29) is 0 Å². The molecule has 0 saturated heterocycles. The molecule has 2 unspecified atom stereocenters. The van der Waals surface area contributed by atoms with E-state index in [1.807, 2.05) is 19.2 Å². The lowest BCUT2D eigenvalue weighted by atomic mass is 10.1. The molecule has 0 radical (unpaired) electrons. The van der Waals surface area contributed by atoms with Crippen molar-refractivity contribution in [3.63, 3.8) is 0 Å². The summed E-state index contributed by atoms with van der Waals surface area (Å²) in [5, 5.41) is 3.31. The van der Waals surface area contributed by atoms with Crippen molar-refractivity contribution in [1.82, 2.24) is 5.32 Å². The zero-order valence-corrected chi connectivity index (χ0v) is 9.31. The van der Waals surface area contributed by atoms with Crippen LogP contribution in [0.1, 0.15) is 17.9 Å². The van der Waals surface area contributed by atoms with Crippen LogP contribution < -0.4 is 5.32 Å². The summed E-state index contributed by atoms with van der Waals surface area (Å²) in [6.07, 6.45) is 2.97. The summed E-state index contributed by atoms with van der Waals surface area (Å²) >= 11 is 0. The third-order valence-corrected chi connectivity index (χ3v) is 3.31. The lowest BCUT2D eigenvalue weighted by Gasteiger charge is -2.01. The van der Waals surface area contributed by atoms with E-state index in [0.29, 0.717) is 12.0 Å². The molecule has 82 valence electrons. The van der Waals surface area contributed by atoms with Crippen LogP contribution in [0.2, 0.25) is 0 Å². The normalized spacial score (nSPS) is 23.3. The molecule has 1 aromatic carbocycles. The van der Waals surface area contributed by atoms with Gasteiger partial charge in [-0.2, -0.15) is 0 Å². The van der Waals surface area contributed by atoms with Crippen molar-refractivity contribution in [3.8, 4) is 11.3 Å². The molecule has 1 heterocycles. The van der Waals surface area contributed by atoms with E-state index in [1.54, 1.807) is 6.26 Å². The van der Waals surface area contributed by atoms with Gasteiger partial charge in [0.25, 0.3) is 0 Å². The molecule has 1 fully saturated rings. The van der Waals surface area contributed by atoms with Crippen LogP contribution in [-0.4, -0.2) is 13.1 Å². The molecule has 1 aliphatic carbocycles. The predicted octanol–water partition coefficient (Wildman–Crippen LogP) is 3.02. The Morgan fingerprint density at radius 1 is 1.19 bits per heavy atom. The lowest BCUT2D eigenvalue weighted by Crippen LogP contribution is -2.10. The summed E-state index contributed by atoms with van der Waals surface area (Å²) in [7, 11) is 2.03. The first kappa shape index (κ1) is 9.67. The topological polar surface area (TPSA) is 25.2 Å². The molecular formula is C14H15NO. The minimum absolute atomic E-state index is 0.675. The van der Waals surface area contributed by atoms with Crippen molar-refractivity contribution < 1.29 is 4.42 Å². The SMILES string of the molecule is CNC1CC1c1ccc(-c2ccco2)cc1. The number of benzene rings is 1. The van der Waals surface area contributed by atoms with E-state index in [4.69, 9.17) is 4.42 Å². The molecule has 1 saturated carbocycles. The molecule has 0 spiro atoms. The van der Waals surface area contributed by atoms with Crippen LogP contribution in [0.4, 0.5) is 0 Å². The summed E-state index contributed by atoms with van der Waals surface area (Å²) in [5.74, 6) is 1.64. The smallest absolute Gasteiger partial charge is 0.133 e. The average Bonchev–Trinajstić information content (AvgIpc) is 2.93. The van der Waals surface area contributed by atoms with Gasteiger partial charge in [-0.3, -0.25) is 0 Å². The second-order valence-electron chi connectivity index (χ2n) is 4.34. The van der Waals surface area contributed by atoms with Crippen LogP contribution in [0.3, 0.4) is 0 Å². The standard InChI is InChI=1S/C14H15NO/c1-15-13-9-12(13)10-4-6-11(7-5-10)14-3-2-8-16-14/h2-8,12-13,15H,9H2,1H3. The Morgan fingerprint density at radius 3 is 2.56 bits per heavy atom. The van der Waals surface area contributed by atoms with E-state index >= 15 is 0 Å². The molecule has 1 aromatic heterocycles. The van der Waals surface area contributed by atoms with Crippen LogP contribution in [0.5, 0.6) is 0 Å². The third kappa shape index (κ3) is 1.65. The van der Waals surface area contributed by atoms with Gasteiger partial charge in [-0.05, 0) is 31.2 Å². The fourth-order valence-corrected chi connectivity index (χ4v) is 2.22. The number of furan rings is 1. The van der Waals surface area contributed by atoms with Gasteiger partial charge in [0.05, 0.1) is 6.26 Å². The van der Waals surface area contributed by atoms with E-state index in [9.17, 15) is 0 Å². The van der Waals surface area contributed by atoms with E-state index < -0.39 is 0 Å². The largest absolute Gasteiger partial charge is 0.464 e. The first-order valence-corrected chi connectivity index (χ1v) is 5.69. The second kappa shape index (κ2) is 3.80. The predicted molar refractivity (Wildman–Crippen MR) is 64.3 cm³/mol. The lowest BCUT2D eigenvalue weighted by molar-refractivity contribution is 0.582. The number of likely N-dealkylation sites (N-methyl/N-ethyl adjacent to an activating group) is 1. The van der Waals surface area contributed by atoms with Crippen molar-refractivity contribution in [2.75, 3.05) is 7.05 Å². The fourth-order valence-electron chi connectivity index (χ4n) is 2.22. The van der Waals surface area contributed by atoms with Crippen molar-refractivity contribution >= 4 is 0 Å². The Bertz CT molecular complexity index is 458. The Hall–Kier alpha value is -1.54. The van der Waals surface area contributed by atoms with Crippen molar-refractivity contribution in [2.45, 2.75) is 18.4 Å². The highest BCUT2D eigenvalue weighted by atomic mass is 16.3. The number of hydrogen-bond donors (Lipinski definition) is 1. The minimum atomic E-state index is 0.675. The van der Waals surface area contributed by atoms with Crippen LogP contribution in [0, 0.1) is 0 Å². The highest BCUT2D eigenvalue weighted by Crippen LogP contribution is 2.40. The number of nitrogens with one attached hydrogen (secondary N) is 1. The van der Waals surface area contributed by atoms with Gasteiger partial charge in [-0.25, -0.2) is 0 Å². The van der Waals surface area contributed by atoms with Gasteiger partial charge >= 0.3 is 0 Å². The van der Waals surface area contributed by atoms with Crippen molar-refractivity contribution in [1.29, 1.82) is 0 Å². The molecule has 0 aliphatic heterocycles. The average molecular weight is 213 g/mol. The Balaban J connectivity index is 1.81. The van der Waals surface area contributed by atoms with Gasteiger partial charge < -0.3 is 9.73 Å². The summed E-state index contributed by atoms with van der Waals surface area (Å²) in [6, 6.07) is 13.3. The fraction of sp³-hybridized carbons (Fsp3) is 0.286. The molecule has 2 nitrogen and oxygen atoms in total. The zero-order valence-electron chi connectivity index (χ0n) is 9.31. The van der Waals surface area contributed by atoms with Crippen LogP contribution >= 0.6 is 0 Å². The molecule has 0 bridgehead atoms. The van der Waals surface area contributed by atoms with Crippen molar-refractivity contribution in [3.05, 3.63) is 48.2 Å². The molecule has 2 heteroatoms. The van der Waals surface area contributed by atoms with Gasteiger partial charge in [0.1, 0.15) is 5.76 Å². The maximum atomic E-state index is 5.37. The molecule has 2 aromatic rings. The quantitative estimate of drug-likeness (QED) is 0.847. The van der Waals surface area contributed by atoms with Gasteiger partial charge in [0.2, 0.25) is 0 Å². The Morgan fingerprint density at radius 2 is 2.00 bits per heavy atom. The van der Waals surface area contributed by atoms with Crippen molar-refractivity contribution in [2.24, 2.45) is 0 Å². The van der Waals surface area contributed by atoms with Crippen LogP contribution in [0.15, 0.2) is 47.1 Å². The molecule has 0 amide bonds. The van der Waals surface area contributed by atoms with E-state index in [0.717, 1.165) is 11.3 Å². The highest BCUT2D eigenvalue weighted by molar-refractivity contribution is 5.57. The molecule has 16 heavy (non-hydrogen) atoms. The van der Waals surface area contributed by atoms with Crippen LogP contribution in [0.25, 0.3) is 11.3 Å². The molecule has 1 N–H and O–H groups in total. The van der Waals surface area contributed by atoms with Crippen LogP contribution in [-0.2, 0) is 0 Å². The first-order chi connectivity index (χ1) is 7.88. The Kier molecular flexibility index (Phi) is 2.29. The third-order valence-electron chi connectivity index (χ3n) is 3.31. The Labute approximate surface area is 95.3 Å².